The number of nitro benzene ring substituents is 1. The molecule has 0 aliphatic carbocycles. The van der Waals surface area contributed by atoms with E-state index < -0.39 is 17.0 Å². The Labute approximate surface area is 181 Å². The molecule has 0 fully saturated rings. The molecule has 0 radical (unpaired) electrons. The summed E-state index contributed by atoms with van der Waals surface area (Å²) in [6.07, 6.45) is 4.66. The molecule has 1 N–H and O–H groups in total. The molecule has 2 atom stereocenters. The van der Waals surface area contributed by atoms with Crippen molar-refractivity contribution in [2.45, 2.75) is 19.0 Å². The Morgan fingerprint density at radius 3 is 2.90 bits per heavy atom. The fraction of sp³-hybridized carbons (Fsp3) is 0.300. The number of nitrogens with one attached hydrogen (secondary N) is 1. The molecule has 10 nitrogen and oxygen atoms in total. The van der Waals surface area contributed by atoms with E-state index in [1.807, 2.05) is 6.92 Å². The zero-order valence-electron chi connectivity index (χ0n) is 17.0. The maximum Gasteiger partial charge on any atom is 0.270 e. The van der Waals surface area contributed by atoms with Crippen molar-refractivity contribution in [3.63, 3.8) is 0 Å². The minimum atomic E-state index is -1.09. The van der Waals surface area contributed by atoms with Gasteiger partial charge in [0.25, 0.3) is 11.6 Å². The predicted octanol–water partition coefficient (Wildman–Crippen LogP) is 2.91. The molecule has 3 heterocycles. The van der Waals surface area contributed by atoms with Gasteiger partial charge in [0.05, 0.1) is 17.2 Å². The summed E-state index contributed by atoms with van der Waals surface area (Å²) in [4.78, 5) is 29.0. The van der Waals surface area contributed by atoms with E-state index in [-0.39, 0.29) is 18.1 Å². The van der Waals surface area contributed by atoms with E-state index in [0.29, 0.717) is 26.8 Å². The number of ether oxygens (including phenoxy) is 3. The second-order valence-corrected chi connectivity index (χ2v) is 7.86. The van der Waals surface area contributed by atoms with Gasteiger partial charge in [-0.25, -0.2) is 4.98 Å². The fourth-order valence-corrected chi connectivity index (χ4v) is 4.30. The summed E-state index contributed by atoms with van der Waals surface area (Å²) in [6, 6.07) is 6.28. The van der Waals surface area contributed by atoms with Crippen LogP contribution in [0, 0.1) is 17.0 Å². The van der Waals surface area contributed by atoms with E-state index >= 15 is 0 Å². The number of hydrogen-bond donors (Lipinski definition) is 1. The number of aromatic nitrogens is 2. The summed E-state index contributed by atoms with van der Waals surface area (Å²) in [7, 11) is 3.01. The van der Waals surface area contributed by atoms with Crippen LogP contribution in [0.25, 0.3) is 16.2 Å². The first-order valence-corrected chi connectivity index (χ1v) is 10.1. The van der Waals surface area contributed by atoms with Crippen molar-refractivity contribution >= 4 is 27.9 Å². The highest BCUT2D eigenvalue weighted by Crippen LogP contribution is 2.29. The number of nitrogens with zero attached hydrogens (tertiary/aromatic N) is 3. The fourth-order valence-electron chi connectivity index (χ4n) is 3.28. The number of fused-ring (bicyclic) bond motifs is 1. The second kappa shape index (κ2) is 8.19. The van der Waals surface area contributed by atoms with E-state index in [1.165, 1.54) is 37.7 Å². The predicted molar refractivity (Wildman–Crippen MR) is 113 cm³/mol. The first-order chi connectivity index (χ1) is 14.9. The number of carbonyl (C=O) groups is 1. The molecular weight excluding hydrogens is 424 g/mol. The molecule has 0 spiro atoms. The third-order valence-electron chi connectivity index (χ3n) is 5.01. The number of thiazole rings is 1. The normalized spacial score (nSPS) is 20.4. The van der Waals surface area contributed by atoms with Gasteiger partial charge in [-0.05, 0) is 19.1 Å². The largest absolute Gasteiger partial charge is 0.352 e. The number of aryl methyl sites for hydroxylation is 1. The summed E-state index contributed by atoms with van der Waals surface area (Å²) in [5.41, 5.74) is 1.94. The lowest BCUT2D eigenvalue weighted by atomic mass is 10.1. The number of methoxy groups -OCH3 is 2. The van der Waals surface area contributed by atoms with Crippen LogP contribution in [0.4, 0.5) is 5.69 Å². The Morgan fingerprint density at radius 1 is 1.45 bits per heavy atom. The SMILES string of the molecule is CO[C@H]1C=C[C@](CNC(=O)c2sc3nc(-c4cccc([N+](=O)[O-])c4)cn3c2C)(OC)O1. The molecule has 1 aliphatic heterocycles. The van der Waals surface area contributed by atoms with Crippen molar-refractivity contribution in [2.75, 3.05) is 20.8 Å². The topological polar surface area (TPSA) is 117 Å². The summed E-state index contributed by atoms with van der Waals surface area (Å²) in [5, 5.41) is 13.9. The third kappa shape index (κ3) is 3.95. The van der Waals surface area contributed by atoms with E-state index in [1.54, 1.807) is 34.9 Å². The molecule has 2 aromatic heterocycles. The molecule has 0 bridgehead atoms. The van der Waals surface area contributed by atoms with Crippen molar-refractivity contribution in [2.24, 2.45) is 0 Å². The lowest BCUT2D eigenvalue weighted by molar-refractivity contribution is -0.384. The standard InChI is InChI=1S/C20H20N4O6S/c1-12-17(18(25)21-11-20(29-3)8-7-16(28-2)30-20)31-19-22-15(10-23(12)19)13-5-4-6-14(9-13)24(26)27/h4-10,16H,11H2,1-3H3,(H,21,25)/t16-,20+/m1/s1. The maximum atomic E-state index is 12.8. The van der Waals surface area contributed by atoms with Gasteiger partial charge in [-0.15, -0.1) is 0 Å². The molecule has 162 valence electrons. The van der Waals surface area contributed by atoms with E-state index in [4.69, 9.17) is 14.2 Å². The average molecular weight is 444 g/mol. The van der Waals surface area contributed by atoms with Gasteiger partial charge < -0.3 is 19.5 Å². The zero-order chi connectivity index (χ0) is 22.2. The first-order valence-electron chi connectivity index (χ1n) is 9.32. The Bertz CT molecular complexity index is 1190. The summed E-state index contributed by atoms with van der Waals surface area (Å²) in [6.45, 7) is 1.92. The Morgan fingerprint density at radius 2 is 2.26 bits per heavy atom. The van der Waals surface area contributed by atoms with Crippen LogP contribution in [-0.2, 0) is 14.2 Å². The molecule has 31 heavy (non-hydrogen) atoms. The summed E-state index contributed by atoms with van der Waals surface area (Å²) in [5.74, 6) is -1.36. The number of benzene rings is 1. The highest BCUT2D eigenvalue weighted by atomic mass is 32.1. The van der Waals surface area contributed by atoms with Gasteiger partial charge in [-0.3, -0.25) is 19.3 Å². The zero-order valence-corrected chi connectivity index (χ0v) is 17.8. The van der Waals surface area contributed by atoms with Gasteiger partial charge in [-0.1, -0.05) is 23.5 Å². The summed E-state index contributed by atoms with van der Waals surface area (Å²) < 4.78 is 18.0. The molecular formula is C20H20N4O6S. The molecule has 3 aromatic rings. The smallest absolute Gasteiger partial charge is 0.270 e. The molecule has 1 aliphatic rings. The second-order valence-electron chi connectivity index (χ2n) is 6.88. The number of nitro groups is 1. The Kier molecular flexibility index (Phi) is 5.58. The number of carbonyl (C=O) groups excluding carboxylic acids is 1. The quantitative estimate of drug-likeness (QED) is 0.338. The Hall–Kier alpha value is -3.12. The third-order valence-corrected chi connectivity index (χ3v) is 6.17. The van der Waals surface area contributed by atoms with Gasteiger partial charge in [0.15, 0.2) is 11.3 Å². The highest BCUT2D eigenvalue weighted by molar-refractivity contribution is 7.19. The van der Waals surface area contributed by atoms with Crippen molar-refractivity contribution in [3.8, 4) is 11.3 Å². The number of rotatable bonds is 7. The van der Waals surface area contributed by atoms with Gasteiger partial charge in [0.1, 0.15) is 4.88 Å². The van der Waals surface area contributed by atoms with Crippen molar-refractivity contribution in [1.29, 1.82) is 0 Å². The van der Waals surface area contributed by atoms with Crippen LogP contribution in [-0.4, -0.2) is 53.1 Å². The lowest BCUT2D eigenvalue weighted by Gasteiger charge is -2.27. The lowest BCUT2D eigenvalue weighted by Crippen LogP contribution is -2.44. The minimum absolute atomic E-state index is 0.00314. The molecule has 0 saturated heterocycles. The van der Waals surface area contributed by atoms with Crippen LogP contribution in [0.3, 0.4) is 0 Å². The first kappa shape index (κ1) is 21.1. The van der Waals surface area contributed by atoms with Gasteiger partial charge in [-0.2, -0.15) is 0 Å². The van der Waals surface area contributed by atoms with Crippen LogP contribution >= 0.6 is 11.3 Å². The van der Waals surface area contributed by atoms with Crippen LogP contribution < -0.4 is 5.32 Å². The monoisotopic (exact) mass is 444 g/mol. The number of hydrogen-bond acceptors (Lipinski definition) is 8. The van der Waals surface area contributed by atoms with Gasteiger partial charge in [0.2, 0.25) is 5.79 Å². The van der Waals surface area contributed by atoms with Crippen LogP contribution in [0.1, 0.15) is 15.4 Å². The van der Waals surface area contributed by atoms with Gasteiger partial charge >= 0.3 is 0 Å². The number of non-ortho nitro benzene ring substituents is 1. The van der Waals surface area contributed by atoms with Crippen molar-refractivity contribution in [3.05, 3.63) is 63.3 Å². The molecule has 11 heteroatoms. The van der Waals surface area contributed by atoms with Crippen LogP contribution in [0.2, 0.25) is 0 Å². The molecule has 1 aromatic carbocycles. The van der Waals surface area contributed by atoms with E-state index in [0.717, 1.165) is 0 Å². The molecule has 0 saturated carbocycles. The minimum Gasteiger partial charge on any atom is -0.352 e. The van der Waals surface area contributed by atoms with E-state index in [9.17, 15) is 14.9 Å². The van der Waals surface area contributed by atoms with Crippen LogP contribution in [0.5, 0.6) is 0 Å². The van der Waals surface area contributed by atoms with Crippen molar-refractivity contribution < 1.29 is 23.9 Å². The van der Waals surface area contributed by atoms with Crippen molar-refractivity contribution in [1.82, 2.24) is 14.7 Å². The number of imidazole rings is 1. The van der Waals surface area contributed by atoms with Crippen LogP contribution in [0.15, 0.2) is 42.6 Å². The highest BCUT2D eigenvalue weighted by Gasteiger charge is 2.36. The summed E-state index contributed by atoms with van der Waals surface area (Å²) >= 11 is 1.23. The van der Waals surface area contributed by atoms with E-state index in [2.05, 4.69) is 10.3 Å². The molecule has 1 amide bonds. The Balaban J connectivity index is 1.53. The number of amides is 1. The van der Waals surface area contributed by atoms with Gasteiger partial charge in [0, 0.05) is 43.8 Å². The molecule has 4 rings (SSSR count). The molecule has 0 unspecified atom stereocenters. The average Bonchev–Trinajstić information content (AvgIpc) is 3.47. The maximum absolute atomic E-state index is 12.8.